The smallest absolute Gasteiger partial charge is 0.141 e. The van der Waals surface area contributed by atoms with E-state index in [9.17, 15) is 0 Å². The van der Waals surface area contributed by atoms with Gasteiger partial charge in [0.2, 0.25) is 0 Å². The van der Waals surface area contributed by atoms with Crippen molar-refractivity contribution < 1.29 is 4.74 Å². The highest BCUT2D eigenvalue weighted by molar-refractivity contribution is 5.92. The number of amidine groups is 1. The molecular formula is C13H14N4O. The Labute approximate surface area is 105 Å². The number of nitrogens with one attached hydrogen (secondary N) is 1. The molecule has 2 aromatic heterocycles. The molecule has 3 N–H and O–H groups in total. The van der Waals surface area contributed by atoms with E-state index in [-0.39, 0.29) is 5.84 Å². The topological polar surface area (TPSA) is 84.9 Å². The van der Waals surface area contributed by atoms with Gasteiger partial charge in [0.25, 0.3) is 0 Å². The molecule has 0 unspecified atom stereocenters. The fraction of sp³-hybridized carbons (Fsp3) is 0.154. The normalized spacial score (nSPS) is 10.0. The van der Waals surface area contributed by atoms with Gasteiger partial charge in [-0.05, 0) is 24.3 Å². The van der Waals surface area contributed by atoms with Crippen LogP contribution in [0, 0.1) is 5.41 Å². The summed E-state index contributed by atoms with van der Waals surface area (Å²) in [6.07, 6.45) is 4.07. The summed E-state index contributed by atoms with van der Waals surface area (Å²) in [7, 11) is 0. The van der Waals surface area contributed by atoms with Crippen molar-refractivity contribution in [1.82, 2.24) is 9.97 Å². The third kappa shape index (κ3) is 3.28. The van der Waals surface area contributed by atoms with Crippen LogP contribution in [0.25, 0.3) is 0 Å². The average molecular weight is 242 g/mol. The summed E-state index contributed by atoms with van der Waals surface area (Å²) in [4.78, 5) is 8.22. The number of rotatable bonds is 5. The highest BCUT2D eigenvalue weighted by atomic mass is 16.5. The molecule has 0 radical (unpaired) electrons. The molecule has 0 aliphatic rings. The largest absolute Gasteiger partial charge is 0.492 e. The van der Waals surface area contributed by atoms with Gasteiger partial charge in [0, 0.05) is 18.3 Å². The van der Waals surface area contributed by atoms with Crippen LogP contribution in [0.2, 0.25) is 0 Å². The van der Waals surface area contributed by atoms with E-state index >= 15 is 0 Å². The van der Waals surface area contributed by atoms with Crippen LogP contribution in [0.3, 0.4) is 0 Å². The Morgan fingerprint density at radius 2 is 2.11 bits per heavy atom. The molecule has 5 heteroatoms. The monoisotopic (exact) mass is 242 g/mol. The molecule has 0 aliphatic heterocycles. The summed E-state index contributed by atoms with van der Waals surface area (Å²) in [5, 5.41) is 7.22. The van der Waals surface area contributed by atoms with E-state index in [2.05, 4.69) is 9.97 Å². The van der Waals surface area contributed by atoms with Crippen LogP contribution in [0.1, 0.15) is 11.4 Å². The summed E-state index contributed by atoms with van der Waals surface area (Å²) < 4.78 is 5.53. The van der Waals surface area contributed by atoms with E-state index in [4.69, 9.17) is 15.9 Å². The fourth-order valence-corrected chi connectivity index (χ4v) is 1.44. The Morgan fingerprint density at radius 1 is 1.22 bits per heavy atom. The molecule has 0 saturated heterocycles. The quantitative estimate of drug-likeness (QED) is 0.612. The minimum atomic E-state index is -0.0463. The van der Waals surface area contributed by atoms with Crippen molar-refractivity contribution in [1.29, 1.82) is 5.41 Å². The summed E-state index contributed by atoms with van der Waals surface area (Å²) in [5.41, 5.74) is 6.75. The molecule has 2 rings (SSSR count). The van der Waals surface area contributed by atoms with E-state index < -0.39 is 0 Å². The van der Waals surface area contributed by atoms with Crippen molar-refractivity contribution in [3.63, 3.8) is 0 Å². The Bertz CT molecular complexity index is 510. The standard InChI is InChI=1S/C13H14N4O/c14-13(15)12-5-4-11(9-17-12)18-8-6-10-3-1-2-7-16-10/h1-5,7,9H,6,8H2,(H3,14,15). The zero-order chi connectivity index (χ0) is 12.8. The average Bonchev–Trinajstić information content (AvgIpc) is 2.40. The second kappa shape index (κ2) is 5.77. The molecule has 0 bridgehead atoms. The van der Waals surface area contributed by atoms with Crippen LogP contribution in [-0.4, -0.2) is 22.4 Å². The molecule has 0 amide bonds. The zero-order valence-electron chi connectivity index (χ0n) is 9.84. The number of ether oxygens (including phenoxy) is 1. The Morgan fingerprint density at radius 3 is 2.72 bits per heavy atom. The van der Waals surface area contributed by atoms with Gasteiger partial charge in [-0.3, -0.25) is 10.4 Å². The van der Waals surface area contributed by atoms with Crippen molar-refractivity contribution in [2.45, 2.75) is 6.42 Å². The van der Waals surface area contributed by atoms with Crippen molar-refractivity contribution in [2.24, 2.45) is 5.73 Å². The number of pyridine rings is 2. The van der Waals surface area contributed by atoms with Crippen LogP contribution >= 0.6 is 0 Å². The molecule has 18 heavy (non-hydrogen) atoms. The predicted octanol–water partition coefficient (Wildman–Crippen LogP) is 1.38. The first-order valence-corrected chi connectivity index (χ1v) is 5.59. The number of hydrogen-bond acceptors (Lipinski definition) is 4. The van der Waals surface area contributed by atoms with Gasteiger partial charge < -0.3 is 10.5 Å². The van der Waals surface area contributed by atoms with Gasteiger partial charge in [0.15, 0.2) is 0 Å². The van der Waals surface area contributed by atoms with Gasteiger partial charge in [-0.25, -0.2) is 4.98 Å². The Kier molecular flexibility index (Phi) is 3.86. The molecule has 0 spiro atoms. The van der Waals surface area contributed by atoms with E-state index in [0.29, 0.717) is 18.1 Å². The molecule has 0 atom stereocenters. The van der Waals surface area contributed by atoms with Crippen LogP contribution in [0.5, 0.6) is 5.75 Å². The third-order valence-electron chi connectivity index (χ3n) is 2.37. The highest BCUT2D eigenvalue weighted by Crippen LogP contribution is 2.09. The molecule has 0 fully saturated rings. The molecule has 2 aromatic rings. The van der Waals surface area contributed by atoms with Crippen molar-refractivity contribution in [2.75, 3.05) is 6.61 Å². The van der Waals surface area contributed by atoms with E-state index in [1.54, 1.807) is 24.5 Å². The van der Waals surface area contributed by atoms with Crippen LogP contribution in [0.15, 0.2) is 42.7 Å². The SMILES string of the molecule is N=C(N)c1ccc(OCCc2ccccn2)cn1. The molecular weight excluding hydrogens is 228 g/mol. The maximum Gasteiger partial charge on any atom is 0.141 e. The minimum absolute atomic E-state index is 0.0463. The van der Waals surface area contributed by atoms with Crippen molar-refractivity contribution >= 4 is 5.84 Å². The first-order valence-electron chi connectivity index (χ1n) is 5.59. The highest BCUT2D eigenvalue weighted by Gasteiger charge is 1.99. The van der Waals surface area contributed by atoms with Crippen molar-refractivity contribution in [3.05, 3.63) is 54.1 Å². The zero-order valence-corrected chi connectivity index (χ0v) is 9.84. The van der Waals surface area contributed by atoms with Gasteiger partial charge in [-0.15, -0.1) is 0 Å². The summed E-state index contributed by atoms with van der Waals surface area (Å²) >= 11 is 0. The van der Waals surface area contributed by atoms with Gasteiger partial charge in [0.05, 0.1) is 12.8 Å². The first kappa shape index (κ1) is 12.0. The maximum atomic E-state index is 7.22. The molecule has 5 nitrogen and oxygen atoms in total. The second-order valence-electron chi connectivity index (χ2n) is 3.71. The number of hydrogen-bond donors (Lipinski definition) is 2. The number of nitrogens with two attached hydrogens (primary N) is 1. The van der Waals surface area contributed by atoms with Crippen molar-refractivity contribution in [3.8, 4) is 5.75 Å². The van der Waals surface area contributed by atoms with E-state index in [0.717, 1.165) is 12.1 Å². The minimum Gasteiger partial charge on any atom is -0.492 e. The lowest BCUT2D eigenvalue weighted by Crippen LogP contribution is -2.12. The van der Waals surface area contributed by atoms with Crippen LogP contribution in [-0.2, 0) is 6.42 Å². The Hall–Kier alpha value is -2.43. The van der Waals surface area contributed by atoms with Gasteiger partial charge in [0.1, 0.15) is 17.3 Å². The molecule has 2 heterocycles. The molecule has 92 valence electrons. The van der Waals surface area contributed by atoms with Crippen LogP contribution in [0.4, 0.5) is 0 Å². The van der Waals surface area contributed by atoms with Gasteiger partial charge in [-0.2, -0.15) is 0 Å². The molecule has 0 aromatic carbocycles. The van der Waals surface area contributed by atoms with Gasteiger partial charge in [-0.1, -0.05) is 6.07 Å². The van der Waals surface area contributed by atoms with Gasteiger partial charge >= 0.3 is 0 Å². The Balaban J connectivity index is 1.85. The number of aromatic nitrogens is 2. The van der Waals surface area contributed by atoms with Crippen LogP contribution < -0.4 is 10.5 Å². The summed E-state index contributed by atoms with van der Waals surface area (Å²) in [5.74, 6) is 0.617. The summed E-state index contributed by atoms with van der Waals surface area (Å²) in [6.45, 7) is 0.540. The number of nitrogen functional groups attached to an aromatic ring is 1. The lowest BCUT2D eigenvalue weighted by atomic mass is 10.3. The second-order valence-corrected chi connectivity index (χ2v) is 3.71. The predicted molar refractivity (Wildman–Crippen MR) is 68.7 cm³/mol. The van der Waals surface area contributed by atoms with E-state index in [1.165, 1.54) is 0 Å². The lowest BCUT2D eigenvalue weighted by molar-refractivity contribution is 0.319. The van der Waals surface area contributed by atoms with E-state index in [1.807, 2.05) is 18.2 Å². The summed E-state index contributed by atoms with van der Waals surface area (Å²) in [6, 6.07) is 9.21. The lowest BCUT2D eigenvalue weighted by Gasteiger charge is -2.05. The molecule has 0 saturated carbocycles. The maximum absolute atomic E-state index is 7.22. The third-order valence-corrected chi connectivity index (χ3v) is 2.37. The first-order chi connectivity index (χ1) is 8.75. The number of nitrogens with zero attached hydrogens (tertiary/aromatic N) is 2. The fourth-order valence-electron chi connectivity index (χ4n) is 1.44. The molecule has 0 aliphatic carbocycles.